The Kier molecular flexibility index (Phi) is 4.95. The lowest BCUT2D eigenvalue weighted by molar-refractivity contribution is 0.358. The van der Waals surface area contributed by atoms with Crippen LogP contribution in [0.1, 0.15) is 30.6 Å². The third-order valence-corrected chi connectivity index (χ3v) is 4.13. The van der Waals surface area contributed by atoms with E-state index in [4.69, 9.17) is 4.42 Å². The summed E-state index contributed by atoms with van der Waals surface area (Å²) in [6.07, 6.45) is 5.53. The summed E-state index contributed by atoms with van der Waals surface area (Å²) in [5.74, 6) is 3.53. The van der Waals surface area contributed by atoms with Crippen LogP contribution in [0.3, 0.4) is 0 Å². The molecule has 0 spiro atoms. The number of hydrogen-bond donors (Lipinski definition) is 2. The SMILES string of the molecule is CCNC(=NCc1ccoc1)NCC1CCc2nnc(C)n2C1. The van der Waals surface area contributed by atoms with Crippen molar-refractivity contribution in [3.05, 3.63) is 35.8 Å². The first-order valence-corrected chi connectivity index (χ1v) is 8.18. The molecule has 2 aromatic heterocycles. The quantitative estimate of drug-likeness (QED) is 0.645. The first-order chi connectivity index (χ1) is 11.3. The Morgan fingerprint density at radius 2 is 2.35 bits per heavy atom. The van der Waals surface area contributed by atoms with Gasteiger partial charge in [0.2, 0.25) is 0 Å². The van der Waals surface area contributed by atoms with Crippen LogP contribution < -0.4 is 10.6 Å². The third-order valence-electron chi connectivity index (χ3n) is 4.13. The highest BCUT2D eigenvalue weighted by molar-refractivity contribution is 5.79. The van der Waals surface area contributed by atoms with Crippen molar-refractivity contribution >= 4 is 5.96 Å². The average Bonchev–Trinajstić information content (AvgIpc) is 3.20. The summed E-state index contributed by atoms with van der Waals surface area (Å²) in [7, 11) is 0. The lowest BCUT2D eigenvalue weighted by Crippen LogP contribution is -2.41. The molecule has 124 valence electrons. The van der Waals surface area contributed by atoms with Gasteiger partial charge in [-0.2, -0.15) is 0 Å². The fraction of sp³-hybridized carbons (Fsp3) is 0.562. The molecule has 1 atom stereocenters. The Hall–Kier alpha value is -2.31. The Labute approximate surface area is 136 Å². The number of nitrogens with one attached hydrogen (secondary N) is 2. The van der Waals surface area contributed by atoms with Crippen molar-refractivity contribution in [2.45, 2.75) is 39.8 Å². The van der Waals surface area contributed by atoms with Gasteiger partial charge in [-0.3, -0.25) is 0 Å². The number of furan rings is 1. The van der Waals surface area contributed by atoms with Crippen molar-refractivity contribution in [2.24, 2.45) is 10.9 Å². The smallest absolute Gasteiger partial charge is 0.191 e. The summed E-state index contributed by atoms with van der Waals surface area (Å²) in [6.45, 7) is 7.42. The highest BCUT2D eigenvalue weighted by Crippen LogP contribution is 2.19. The molecule has 0 aliphatic carbocycles. The van der Waals surface area contributed by atoms with Crippen LogP contribution in [-0.4, -0.2) is 33.8 Å². The Balaban J connectivity index is 1.55. The fourth-order valence-electron chi connectivity index (χ4n) is 2.83. The van der Waals surface area contributed by atoms with Crippen LogP contribution in [0.4, 0.5) is 0 Å². The standard InChI is InChI=1S/C16H24N6O/c1-3-17-16(19-9-14-6-7-23-11-14)18-8-13-4-5-15-21-20-12(2)22(15)10-13/h6-7,11,13H,3-5,8-10H2,1-2H3,(H2,17,18,19). The molecule has 7 heteroatoms. The molecule has 2 N–H and O–H groups in total. The first kappa shape index (κ1) is 15.6. The van der Waals surface area contributed by atoms with Crippen LogP contribution in [0.15, 0.2) is 28.0 Å². The van der Waals surface area contributed by atoms with Crippen molar-refractivity contribution in [3.63, 3.8) is 0 Å². The van der Waals surface area contributed by atoms with Gasteiger partial charge in [0.25, 0.3) is 0 Å². The van der Waals surface area contributed by atoms with Gasteiger partial charge in [-0.25, -0.2) is 4.99 Å². The molecule has 2 aromatic rings. The molecule has 3 rings (SSSR count). The minimum atomic E-state index is 0.565. The molecular weight excluding hydrogens is 292 g/mol. The maximum Gasteiger partial charge on any atom is 0.191 e. The summed E-state index contributed by atoms with van der Waals surface area (Å²) in [6, 6.07) is 1.94. The maximum absolute atomic E-state index is 5.07. The molecule has 0 fully saturated rings. The molecule has 1 aliphatic heterocycles. The summed E-state index contributed by atoms with van der Waals surface area (Å²) in [4.78, 5) is 4.60. The molecule has 0 amide bonds. The minimum absolute atomic E-state index is 0.565. The van der Waals surface area contributed by atoms with Gasteiger partial charge in [0.05, 0.1) is 19.1 Å². The van der Waals surface area contributed by atoms with Gasteiger partial charge in [0.1, 0.15) is 11.6 Å². The van der Waals surface area contributed by atoms with Crippen LogP contribution in [0.25, 0.3) is 0 Å². The van der Waals surface area contributed by atoms with Gasteiger partial charge in [0, 0.05) is 31.6 Å². The second-order valence-electron chi connectivity index (χ2n) is 5.89. The molecular formula is C16H24N6O. The van der Waals surface area contributed by atoms with E-state index >= 15 is 0 Å². The number of rotatable bonds is 5. The topological polar surface area (TPSA) is 80.3 Å². The van der Waals surface area contributed by atoms with E-state index in [1.165, 1.54) is 0 Å². The Morgan fingerprint density at radius 1 is 1.43 bits per heavy atom. The van der Waals surface area contributed by atoms with Gasteiger partial charge in [-0.05, 0) is 32.3 Å². The van der Waals surface area contributed by atoms with Gasteiger partial charge in [-0.15, -0.1) is 10.2 Å². The average molecular weight is 316 g/mol. The van der Waals surface area contributed by atoms with Crippen LogP contribution >= 0.6 is 0 Å². The van der Waals surface area contributed by atoms with E-state index in [1.54, 1.807) is 12.5 Å². The highest BCUT2D eigenvalue weighted by atomic mass is 16.3. The van der Waals surface area contributed by atoms with E-state index in [2.05, 4.69) is 37.3 Å². The summed E-state index contributed by atoms with van der Waals surface area (Å²) >= 11 is 0. The van der Waals surface area contributed by atoms with Gasteiger partial charge < -0.3 is 19.6 Å². The van der Waals surface area contributed by atoms with Crippen molar-refractivity contribution in [2.75, 3.05) is 13.1 Å². The summed E-state index contributed by atoms with van der Waals surface area (Å²) in [5.41, 5.74) is 1.07. The van der Waals surface area contributed by atoms with Crippen molar-refractivity contribution < 1.29 is 4.42 Å². The maximum atomic E-state index is 5.07. The largest absolute Gasteiger partial charge is 0.472 e. The molecule has 3 heterocycles. The highest BCUT2D eigenvalue weighted by Gasteiger charge is 2.21. The van der Waals surface area contributed by atoms with Crippen molar-refractivity contribution in [1.82, 2.24) is 25.4 Å². The van der Waals surface area contributed by atoms with Gasteiger partial charge in [0.15, 0.2) is 5.96 Å². The molecule has 23 heavy (non-hydrogen) atoms. The molecule has 0 saturated heterocycles. The molecule has 1 aliphatic rings. The number of nitrogens with zero attached hydrogens (tertiary/aromatic N) is 4. The normalized spacial score (nSPS) is 17.8. The van der Waals surface area contributed by atoms with Gasteiger partial charge >= 0.3 is 0 Å². The number of aromatic nitrogens is 3. The predicted molar refractivity (Wildman–Crippen MR) is 88.1 cm³/mol. The van der Waals surface area contributed by atoms with Crippen LogP contribution in [-0.2, 0) is 19.5 Å². The lowest BCUT2D eigenvalue weighted by Gasteiger charge is -2.25. The predicted octanol–water partition coefficient (Wildman–Crippen LogP) is 1.50. The van der Waals surface area contributed by atoms with E-state index in [0.717, 1.165) is 55.6 Å². The number of fused-ring (bicyclic) bond motifs is 1. The first-order valence-electron chi connectivity index (χ1n) is 8.18. The Bertz CT molecular complexity index is 646. The molecule has 0 aromatic carbocycles. The van der Waals surface area contributed by atoms with Crippen molar-refractivity contribution in [1.29, 1.82) is 0 Å². The van der Waals surface area contributed by atoms with Gasteiger partial charge in [-0.1, -0.05) is 0 Å². The monoisotopic (exact) mass is 316 g/mol. The fourth-order valence-corrected chi connectivity index (χ4v) is 2.83. The molecule has 0 bridgehead atoms. The molecule has 7 nitrogen and oxygen atoms in total. The molecule has 0 radical (unpaired) electrons. The lowest BCUT2D eigenvalue weighted by atomic mass is 9.99. The van der Waals surface area contributed by atoms with E-state index in [1.807, 2.05) is 13.0 Å². The summed E-state index contributed by atoms with van der Waals surface area (Å²) < 4.78 is 7.30. The van der Waals surface area contributed by atoms with E-state index in [9.17, 15) is 0 Å². The summed E-state index contributed by atoms with van der Waals surface area (Å²) in [5, 5.41) is 15.1. The van der Waals surface area contributed by atoms with E-state index < -0.39 is 0 Å². The van der Waals surface area contributed by atoms with Crippen molar-refractivity contribution in [3.8, 4) is 0 Å². The number of aryl methyl sites for hydroxylation is 2. The van der Waals surface area contributed by atoms with E-state index in [0.29, 0.717) is 12.5 Å². The zero-order valence-electron chi connectivity index (χ0n) is 13.7. The second kappa shape index (κ2) is 7.30. The number of hydrogen-bond acceptors (Lipinski definition) is 4. The molecule has 1 unspecified atom stereocenters. The molecule has 0 saturated carbocycles. The number of aliphatic imine (C=N–C) groups is 1. The van der Waals surface area contributed by atoms with Crippen LogP contribution in [0.5, 0.6) is 0 Å². The van der Waals surface area contributed by atoms with Crippen LogP contribution in [0, 0.1) is 12.8 Å². The third kappa shape index (κ3) is 3.91. The zero-order chi connectivity index (χ0) is 16.1. The zero-order valence-corrected chi connectivity index (χ0v) is 13.7. The second-order valence-corrected chi connectivity index (χ2v) is 5.89. The minimum Gasteiger partial charge on any atom is -0.472 e. The Morgan fingerprint density at radius 3 is 3.13 bits per heavy atom. The van der Waals surface area contributed by atoms with Crippen LogP contribution in [0.2, 0.25) is 0 Å². The van der Waals surface area contributed by atoms with E-state index in [-0.39, 0.29) is 0 Å². The number of guanidine groups is 1.